The number of rotatable bonds is 4. The summed E-state index contributed by atoms with van der Waals surface area (Å²) in [7, 11) is 1.62. The highest BCUT2D eigenvalue weighted by Gasteiger charge is 2.24. The van der Waals surface area contributed by atoms with Crippen LogP contribution in [0.2, 0.25) is 0 Å². The van der Waals surface area contributed by atoms with Crippen molar-refractivity contribution in [2.24, 2.45) is 0 Å². The maximum atomic E-state index is 4.78. The molecule has 4 nitrogen and oxygen atoms in total. The van der Waals surface area contributed by atoms with Crippen molar-refractivity contribution in [2.45, 2.75) is 25.4 Å². The first-order valence-corrected chi connectivity index (χ1v) is 4.18. The molecule has 0 bridgehead atoms. The zero-order chi connectivity index (χ0) is 8.39. The second-order valence-corrected chi connectivity index (χ2v) is 3.05. The third-order valence-electron chi connectivity index (χ3n) is 2.08. The molecular formula is C8H13N3O. The van der Waals surface area contributed by atoms with E-state index in [1.807, 2.05) is 12.5 Å². The molecule has 0 amide bonds. The standard InChI is InChI=1S/C8H13N3O/c1-12-10-5-8-4-9-6-11(8)7-2-3-7/h4,6-7,10H,2-3,5H2,1H3. The maximum Gasteiger partial charge on any atom is 0.0951 e. The molecule has 1 aromatic rings. The summed E-state index contributed by atoms with van der Waals surface area (Å²) >= 11 is 0. The summed E-state index contributed by atoms with van der Waals surface area (Å²) in [5, 5.41) is 0. The van der Waals surface area contributed by atoms with Gasteiger partial charge in [-0.25, -0.2) is 4.98 Å². The van der Waals surface area contributed by atoms with Gasteiger partial charge in [0.25, 0.3) is 0 Å². The molecule has 0 aliphatic heterocycles. The minimum Gasteiger partial charge on any atom is -0.330 e. The van der Waals surface area contributed by atoms with E-state index in [1.54, 1.807) is 7.11 Å². The summed E-state index contributed by atoms with van der Waals surface area (Å²) in [6.45, 7) is 0.729. The van der Waals surface area contributed by atoms with E-state index in [0.717, 1.165) is 6.54 Å². The normalized spacial score (nSPS) is 16.8. The summed E-state index contributed by atoms with van der Waals surface area (Å²) < 4.78 is 2.21. The second-order valence-electron chi connectivity index (χ2n) is 3.05. The van der Waals surface area contributed by atoms with Gasteiger partial charge in [-0.3, -0.25) is 0 Å². The molecule has 0 unspecified atom stereocenters. The average molecular weight is 167 g/mol. The third-order valence-corrected chi connectivity index (χ3v) is 2.08. The first kappa shape index (κ1) is 7.76. The van der Waals surface area contributed by atoms with Crippen LogP contribution in [0.3, 0.4) is 0 Å². The molecule has 66 valence electrons. The fourth-order valence-electron chi connectivity index (χ4n) is 1.30. The minimum atomic E-state index is 0.696. The molecule has 12 heavy (non-hydrogen) atoms. The Balaban J connectivity index is 2.03. The number of imidazole rings is 1. The lowest BCUT2D eigenvalue weighted by Gasteiger charge is -2.05. The van der Waals surface area contributed by atoms with Crippen LogP contribution in [-0.4, -0.2) is 16.7 Å². The Morgan fingerprint density at radius 3 is 3.25 bits per heavy atom. The van der Waals surface area contributed by atoms with Crippen LogP contribution in [0, 0.1) is 0 Å². The van der Waals surface area contributed by atoms with Crippen molar-refractivity contribution < 1.29 is 4.84 Å². The quantitative estimate of drug-likeness (QED) is 0.676. The van der Waals surface area contributed by atoms with Crippen LogP contribution in [0.25, 0.3) is 0 Å². The first-order valence-electron chi connectivity index (χ1n) is 4.18. The van der Waals surface area contributed by atoms with Crippen molar-refractivity contribution in [3.05, 3.63) is 18.2 Å². The van der Waals surface area contributed by atoms with Gasteiger partial charge in [-0.05, 0) is 12.8 Å². The van der Waals surface area contributed by atoms with Gasteiger partial charge in [0.2, 0.25) is 0 Å². The largest absolute Gasteiger partial charge is 0.330 e. The predicted octanol–water partition coefficient (Wildman–Crippen LogP) is 0.869. The average Bonchev–Trinajstić information content (AvgIpc) is 2.83. The summed E-state index contributed by atoms with van der Waals surface area (Å²) in [4.78, 5) is 8.88. The van der Waals surface area contributed by atoms with Gasteiger partial charge in [0.05, 0.1) is 25.7 Å². The smallest absolute Gasteiger partial charge is 0.0951 e. The lowest BCUT2D eigenvalue weighted by molar-refractivity contribution is 0.0850. The van der Waals surface area contributed by atoms with E-state index in [2.05, 4.69) is 15.0 Å². The fourth-order valence-corrected chi connectivity index (χ4v) is 1.30. The Labute approximate surface area is 71.5 Å². The molecule has 4 heteroatoms. The predicted molar refractivity (Wildman–Crippen MR) is 44.3 cm³/mol. The van der Waals surface area contributed by atoms with E-state index in [-0.39, 0.29) is 0 Å². The summed E-state index contributed by atoms with van der Waals surface area (Å²) in [6.07, 6.45) is 6.35. The monoisotopic (exact) mass is 167 g/mol. The van der Waals surface area contributed by atoms with Crippen molar-refractivity contribution in [2.75, 3.05) is 7.11 Å². The molecule has 0 saturated heterocycles. The molecule has 0 spiro atoms. The van der Waals surface area contributed by atoms with Crippen LogP contribution in [0.15, 0.2) is 12.5 Å². The van der Waals surface area contributed by atoms with Gasteiger partial charge in [-0.1, -0.05) is 0 Å². The molecule has 0 atom stereocenters. The SMILES string of the molecule is CONCc1cncn1C1CC1. The molecule has 1 N–H and O–H groups in total. The van der Waals surface area contributed by atoms with E-state index in [1.165, 1.54) is 18.5 Å². The third kappa shape index (κ3) is 1.49. The van der Waals surface area contributed by atoms with Crippen LogP contribution >= 0.6 is 0 Å². The molecule has 0 radical (unpaired) electrons. The van der Waals surface area contributed by atoms with E-state index in [4.69, 9.17) is 4.84 Å². The lowest BCUT2D eigenvalue weighted by Crippen LogP contribution is -2.13. The number of nitrogens with one attached hydrogen (secondary N) is 1. The van der Waals surface area contributed by atoms with E-state index in [9.17, 15) is 0 Å². The Morgan fingerprint density at radius 2 is 2.58 bits per heavy atom. The molecular weight excluding hydrogens is 154 g/mol. The molecule has 1 aliphatic rings. The zero-order valence-corrected chi connectivity index (χ0v) is 7.16. The van der Waals surface area contributed by atoms with Gasteiger partial charge in [-0.15, -0.1) is 0 Å². The number of nitrogens with zero attached hydrogens (tertiary/aromatic N) is 2. The molecule has 1 aromatic heterocycles. The van der Waals surface area contributed by atoms with Crippen molar-refractivity contribution >= 4 is 0 Å². The molecule has 2 rings (SSSR count). The Bertz CT molecular complexity index is 255. The highest BCUT2D eigenvalue weighted by Crippen LogP contribution is 2.35. The zero-order valence-electron chi connectivity index (χ0n) is 7.16. The summed E-state index contributed by atoms with van der Waals surface area (Å²) in [6, 6.07) is 0.696. The topological polar surface area (TPSA) is 39.1 Å². The van der Waals surface area contributed by atoms with E-state index >= 15 is 0 Å². The van der Waals surface area contributed by atoms with Crippen LogP contribution < -0.4 is 5.48 Å². The summed E-state index contributed by atoms with van der Waals surface area (Å²) in [5.41, 5.74) is 4.01. The molecule has 1 aliphatic carbocycles. The van der Waals surface area contributed by atoms with Crippen LogP contribution in [0.5, 0.6) is 0 Å². The van der Waals surface area contributed by atoms with Crippen molar-refractivity contribution in [3.8, 4) is 0 Å². The second kappa shape index (κ2) is 3.25. The Hall–Kier alpha value is -0.870. The molecule has 1 fully saturated rings. The van der Waals surface area contributed by atoms with E-state index < -0.39 is 0 Å². The lowest BCUT2D eigenvalue weighted by atomic mass is 10.4. The van der Waals surface area contributed by atoms with Gasteiger partial charge in [0.1, 0.15) is 0 Å². The maximum absolute atomic E-state index is 4.78. The van der Waals surface area contributed by atoms with Gasteiger partial charge in [-0.2, -0.15) is 5.48 Å². The van der Waals surface area contributed by atoms with Crippen LogP contribution in [-0.2, 0) is 11.4 Å². The highest BCUT2D eigenvalue weighted by molar-refractivity contribution is 5.02. The Morgan fingerprint density at radius 1 is 1.75 bits per heavy atom. The summed E-state index contributed by atoms with van der Waals surface area (Å²) in [5.74, 6) is 0. The van der Waals surface area contributed by atoms with Gasteiger partial charge >= 0.3 is 0 Å². The van der Waals surface area contributed by atoms with Crippen molar-refractivity contribution in [1.29, 1.82) is 0 Å². The van der Waals surface area contributed by atoms with Crippen LogP contribution in [0.4, 0.5) is 0 Å². The minimum absolute atomic E-state index is 0.696. The molecule has 1 saturated carbocycles. The Kier molecular flexibility index (Phi) is 2.10. The molecule has 0 aromatic carbocycles. The van der Waals surface area contributed by atoms with Crippen LogP contribution in [0.1, 0.15) is 24.6 Å². The van der Waals surface area contributed by atoms with Crippen molar-refractivity contribution in [3.63, 3.8) is 0 Å². The highest BCUT2D eigenvalue weighted by atomic mass is 16.6. The van der Waals surface area contributed by atoms with Crippen molar-refractivity contribution in [1.82, 2.24) is 15.0 Å². The fraction of sp³-hybridized carbons (Fsp3) is 0.625. The first-order chi connectivity index (χ1) is 5.92. The van der Waals surface area contributed by atoms with Gasteiger partial charge in [0.15, 0.2) is 0 Å². The van der Waals surface area contributed by atoms with Gasteiger partial charge < -0.3 is 9.40 Å². The molecule has 1 heterocycles. The number of hydrogen-bond donors (Lipinski definition) is 1. The van der Waals surface area contributed by atoms with Gasteiger partial charge in [0, 0.05) is 12.2 Å². The number of hydroxylamine groups is 1. The van der Waals surface area contributed by atoms with E-state index in [0.29, 0.717) is 6.04 Å². The number of hydrogen-bond acceptors (Lipinski definition) is 3. The number of aromatic nitrogens is 2.